The molecule has 0 aliphatic rings. The van der Waals surface area contributed by atoms with Gasteiger partial charge in [0, 0.05) is 18.9 Å². The highest BCUT2D eigenvalue weighted by atomic mass is 32.2. The number of ether oxygens (including phenoxy) is 1. The molecule has 1 amide bonds. The molecular weight excluding hydrogens is 350 g/mol. The molecule has 2 heterocycles. The van der Waals surface area contributed by atoms with Gasteiger partial charge in [0.2, 0.25) is 11.0 Å². The zero-order valence-electron chi connectivity index (χ0n) is 13.5. The van der Waals surface area contributed by atoms with Crippen LogP contribution in [-0.4, -0.2) is 38.9 Å². The first kappa shape index (κ1) is 18.6. The highest BCUT2D eigenvalue weighted by Gasteiger charge is 2.10. The molecule has 0 saturated carbocycles. The van der Waals surface area contributed by atoms with Crippen LogP contribution in [0.2, 0.25) is 0 Å². The number of hydrogen-bond donors (Lipinski definition) is 2. The zero-order valence-corrected chi connectivity index (χ0v) is 15.1. The number of aryl methyl sites for hydroxylation is 1. The Morgan fingerprint density at radius 2 is 2.29 bits per heavy atom. The fourth-order valence-electron chi connectivity index (χ4n) is 1.81. The maximum atomic E-state index is 12.0. The molecule has 2 aromatic heterocycles. The number of anilines is 1. The van der Waals surface area contributed by atoms with E-state index in [2.05, 4.69) is 32.4 Å². The molecule has 0 fully saturated rings. The summed E-state index contributed by atoms with van der Waals surface area (Å²) in [7, 11) is 1.57. The van der Waals surface area contributed by atoms with Gasteiger partial charge in [-0.05, 0) is 12.8 Å². The van der Waals surface area contributed by atoms with Gasteiger partial charge in [0.1, 0.15) is 11.6 Å². The van der Waals surface area contributed by atoms with E-state index in [0.29, 0.717) is 21.9 Å². The molecule has 0 spiro atoms. The van der Waals surface area contributed by atoms with E-state index >= 15 is 0 Å². The van der Waals surface area contributed by atoms with Crippen molar-refractivity contribution in [3.05, 3.63) is 27.1 Å². The summed E-state index contributed by atoms with van der Waals surface area (Å²) in [6.07, 6.45) is 2.77. The first-order valence-electron chi connectivity index (χ1n) is 7.45. The Morgan fingerprint density at radius 3 is 3.04 bits per heavy atom. The van der Waals surface area contributed by atoms with Crippen molar-refractivity contribution in [2.24, 2.45) is 0 Å². The third-order valence-electron chi connectivity index (χ3n) is 2.88. The summed E-state index contributed by atoms with van der Waals surface area (Å²) in [4.78, 5) is 30.6. The number of unbranched alkanes of at least 4 members (excludes halogenated alkanes) is 1. The lowest BCUT2D eigenvalue weighted by atomic mass is 10.2. The van der Waals surface area contributed by atoms with Crippen molar-refractivity contribution in [3.8, 4) is 0 Å². The Bertz CT molecular complexity index is 731. The smallest absolute Gasteiger partial charge is 0.251 e. The fourth-order valence-corrected chi connectivity index (χ4v) is 3.24. The van der Waals surface area contributed by atoms with Crippen LogP contribution in [0.15, 0.2) is 16.0 Å². The Kier molecular flexibility index (Phi) is 7.35. The number of nitrogens with zero attached hydrogens (tertiary/aromatic N) is 3. The van der Waals surface area contributed by atoms with Crippen molar-refractivity contribution in [3.63, 3.8) is 0 Å². The predicted octanol–water partition coefficient (Wildman–Crippen LogP) is 1.84. The van der Waals surface area contributed by atoms with Gasteiger partial charge >= 0.3 is 0 Å². The van der Waals surface area contributed by atoms with E-state index in [1.165, 1.54) is 29.2 Å². The number of methoxy groups -OCH3 is 1. The van der Waals surface area contributed by atoms with Crippen molar-refractivity contribution < 1.29 is 9.53 Å². The fraction of sp³-hybridized carbons (Fsp3) is 0.500. The van der Waals surface area contributed by atoms with Crippen LogP contribution in [0.3, 0.4) is 0 Å². The summed E-state index contributed by atoms with van der Waals surface area (Å²) >= 11 is 2.44. The molecular formula is C14H19N5O3S2. The molecule has 0 unspecified atom stereocenters. The van der Waals surface area contributed by atoms with Gasteiger partial charge in [0.05, 0.1) is 5.75 Å². The average Bonchev–Trinajstić information content (AvgIpc) is 2.98. The summed E-state index contributed by atoms with van der Waals surface area (Å²) in [6.45, 7) is 2.44. The molecule has 2 aromatic rings. The normalized spacial score (nSPS) is 10.8. The Morgan fingerprint density at radius 1 is 1.46 bits per heavy atom. The number of H-pyrrole nitrogens is 1. The summed E-state index contributed by atoms with van der Waals surface area (Å²) < 4.78 is 4.95. The van der Waals surface area contributed by atoms with Gasteiger partial charge in [0.15, 0.2) is 5.16 Å². The van der Waals surface area contributed by atoms with E-state index in [0.717, 1.165) is 25.0 Å². The highest BCUT2D eigenvalue weighted by Crippen LogP contribution is 2.17. The van der Waals surface area contributed by atoms with Crippen LogP contribution < -0.4 is 10.9 Å². The van der Waals surface area contributed by atoms with Crippen LogP contribution in [0.25, 0.3) is 0 Å². The topological polar surface area (TPSA) is 110 Å². The maximum absolute atomic E-state index is 12.0. The first-order valence-corrected chi connectivity index (χ1v) is 9.25. The minimum absolute atomic E-state index is 0.124. The summed E-state index contributed by atoms with van der Waals surface area (Å²) in [5, 5.41) is 12.0. The van der Waals surface area contributed by atoms with Gasteiger partial charge in [-0.25, -0.2) is 4.98 Å². The quantitative estimate of drug-likeness (QED) is 0.512. The van der Waals surface area contributed by atoms with Gasteiger partial charge in [-0.3, -0.25) is 14.9 Å². The largest absolute Gasteiger partial charge is 0.377 e. The van der Waals surface area contributed by atoms with Crippen LogP contribution in [0.5, 0.6) is 0 Å². The molecule has 24 heavy (non-hydrogen) atoms. The molecule has 2 rings (SSSR count). The highest BCUT2D eigenvalue weighted by molar-refractivity contribution is 7.99. The van der Waals surface area contributed by atoms with Gasteiger partial charge in [-0.2, -0.15) is 0 Å². The molecule has 0 radical (unpaired) electrons. The Hall–Kier alpha value is -1.78. The average molecular weight is 369 g/mol. The number of aromatic nitrogens is 4. The molecule has 0 atom stereocenters. The van der Waals surface area contributed by atoms with Crippen molar-refractivity contribution in [1.29, 1.82) is 0 Å². The minimum atomic E-state index is -0.235. The van der Waals surface area contributed by atoms with E-state index in [9.17, 15) is 9.59 Å². The van der Waals surface area contributed by atoms with Crippen molar-refractivity contribution in [2.45, 2.75) is 37.9 Å². The molecule has 2 N–H and O–H groups in total. The van der Waals surface area contributed by atoms with E-state index in [-0.39, 0.29) is 17.2 Å². The lowest BCUT2D eigenvalue weighted by Crippen LogP contribution is -2.15. The summed E-state index contributed by atoms with van der Waals surface area (Å²) in [5.41, 5.74) is 0.546. The van der Waals surface area contributed by atoms with Crippen molar-refractivity contribution in [1.82, 2.24) is 20.2 Å². The van der Waals surface area contributed by atoms with Crippen LogP contribution in [0.1, 0.15) is 30.5 Å². The van der Waals surface area contributed by atoms with Crippen LogP contribution in [0.4, 0.5) is 5.13 Å². The third kappa shape index (κ3) is 6.02. The first-order chi connectivity index (χ1) is 11.6. The molecule has 10 heteroatoms. The lowest BCUT2D eigenvalue weighted by Gasteiger charge is -2.03. The molecule has 0 saturated heterocycles. The lowest BCUT2D eigenvalue weighted by molar-refractivity contribution is -0.113. The van der Waals surface area contributed by atoms with Crippen LogP contribution in [-0.2, 0) is 22.6 Å². The van der Waals surface area contributed by atoms with Gasteiger partial charge in [0.25, 0.3) is 5.56 Å². The second-order valence-corrected chi connectivity index (χ2v) is 6.94. The predicted molar refractivity (Wildman–Crippen MR) is 93.4 cm³/mol. The Labute approximate surface area is 147 Å². The second kappa shape index (κ2) is 9.50. The summed E-state index contributed by atoms with van der Waals surface area (Å²) in [5.74, 6) is -0.110. The van der Waals surface area contributed by atoms with E-state index < -0.39 is 0 Å². The van der Waals surface area contributed by atoms with E-state index in [1.54, 1.807) is 7.11 Å². The SMILES string of the molecule is CCCCc1cc(=O)[nH]c(SCC(=O)Nc2nnc(COC)s2)n1. The number of carbonyl (C=O) groups is 1. The molecule has 0 aliphatic heterocycles. The maximum Gasteiger partial charge on any atom is 0.251 e. The van der Waals surface area contributed by atoms with E-state index in [1.807, 2.05) is 0 Å². The number of hydrogen-bond acceptors (Lipinski definition) is 8. The van der Waals surface area contributed by atoms with Crippen molar-refractivity contribution in [2.75, 3.05) is 18.2 Å². The van der Waals surface area contributed by atoms with Gasteiger partial charge in [-0.15, -0.1) is 10.2 Å². The molecule has 130 valence electrons. The van der Waals surface area contributed by atoms with E-state index in [4.69, 9.17) is 4.74 Å². The number of thioether (sulfide) groups is 1. The number of carbonyl (C=O) groups excluding carboxylic acids is 1. The zero-order chi connectivity index (χ0) is 17.4. The van der Waals surface area contributed by atoms with Gasteiger partial charge < -0.3 is 9.72 Å². The van der Waals surface area contributed by atoms with Crippen LogP contribution in [0, 0.1) is 0 Å². The molecule has 8 nitrogen and oxygen atoms in total. The second-order valence-electron chi connectivity index (χ2n) is 4.92. The number of nitrogens with one attached hydrogen (secondary N) is 2. The minimum Gasteiger partial charge on any atom is -0.377 e. The summed E-state index contributed by atoms with van der Waals surface area (Å²) in [6, 6.07) is 1.50. The molecule has 0 aromatic carbocycles. The van der Waals surface area contributed by atoms with Crippen LogP contribution >= 0.6 is 23.1 Å². The number of rotatable bonds is 9. The monoisotopic (exact) mass is 369 g/mol. The third-order valence-corrected chi connectivity index (χ3v) is 4.57. The standard InChI is InChI=1S/C14H19N5O3S2/c1-3-4-5-9-6-10(20)16-13(15-9)23-8-11(21)17-14-19-18-12(24-14)7-22-2/h6H,3-5,7-8H2,1-2H3,(H,15,16,20)(H,17,19,21). The van der Waals surface area contributed by atoms with Crippen molar-refractivity contribution >= 4 is 34.1 Å². The molecule has 0 aliphatic carbocycles. The number of amides is 1. The molecule has 0 bridgehead atoms. The van der Waals surface area contributed by atoms with Gasteiger partial charge in [-0.1, -0.05) is 36.4 Å². The number of aromatic amines is 1. The Balaban J connectivity index is 1.88.